The zero-order chi connectivity index (χ0) is 12.8. The van der Waals surface area contributed by atoms with Crippen LogP contribution in [0.1, 0.15) is 5.56 Å². The Bertz CT molecular complexity index is 399. The molecular weight excluding hydrogens is 222 g/mol. The first-order valence-electron chi connectivity index (χ1n) is 5.17. The second-order valence-corrected chi connectivity index (χ2v) is 3.62. The third-order valence-corrected chi connectivity index (χ3v) is 2.46. The maximum Gasteiger partial charge on any atom is 0.315 e. The van der Waals surface area contributed by atoms with Crippen LogP contribution in [-0.4, -0.2) is 30.5 Å². The van der Waals surface area contributed by atoms with Gasteiger partial charge >= 0.3 is 5.97 Å². The number of carbonyl (C=O) groups excluding carboxylic acids is 1. The Labute approximate surface area is 99.2 Å². The van der Waals surface area contributed by atoms with E-state index >= 15 is 0 Å². The van der Waals surface area contributed by atoms with Crippen LogP contribution in [0.5, 0.6) is 5.75 Å². The summed E-state index contributed by atoms with van der Waals surface area (Å²) in [7, 11) is 1.55. The van der Waals surface area contributed by atoms with Gasteiger partial charge in [0.25, 0.3) is 0 Å². The van der Waals surface area contributed by atoms with Crippen LogP contribution < -0.4 is 10.5 Å². The number of benzene rings is 1. The van der Waals surface area contributed by atoms with Crippen LogP contribution in [0, 0.1) is 5.92 Å². The number of carbonyl (C=O) groups is 2. The largest absolute Gasteiger partial charge is 0.497 e. The molecular formula is C12H15NO4. The highest BCUT2D eigenvalue weighted by molar-refractivity contribution is 5.99. The molecule has 0 saturated carbocycles. The van der Waals surface area contributed by atoms with Gasteiger partial charge in [-0.25, -0.2) is 0 Å². The Kier molecular flexibility index (Phi) is 4.66. The first kappa shape index (κ1) is 13.2. The Hall–Kier alpha value is -1.88. The molecule has 0 aliphatic rings. The topological polar surface area (TPSA) is 89.6 Å². The fraction of sp³-hybridized carbons (Fsp3) is 0.333. The molecule has 92 valence electrons. The molecule has 1 rings (SSSR count). The van der Waals surface area contributed by atoms with Crippen molar-refractivity contribution in [2.24, 2.45) is 11.7 Å². The van der Waals surface area contributed by atoms with Crippen molar-refractivity contribution in [2.45, 2.75) is 6.42 Å². The van der Waals surface area contributed by atoms with Gasteiger partial charge in [-0.1, -0.05) is 12.1 Å². The van der Waals surface area contributed by atoms with Gasteiger partial charge in [0.05, 0.1) is 7.11 Å². The molecule has 0 heterocycles. The van der Waals surface area contributed by atoms with Crippen LogP contribution in [0.15, 0.2) is 24.3 Å². The lowest BCUT2D eigenvalue weighted by atomic mass is 9.98. The van der Waals surface area contributed by atoms with E-state index < -0.39 is 11.9 Å². The molecule has 0 bridgehead atoms. The van der Waals surface area contributed by atoms with Crippen molar-refractivity contribution in [1.82, 2.24) is 0 Å². The summed E-state index contributed by atoms with van der Waals surface area (Å²) in [6.07, 6.45) is 0.0676. The minimum atomic E-state index is -1.17. The first-order chi connectivity index (χ1) is 8.08. The average Bonchev–Trinajstić information content (AvgIpc) is 2.30. The molecule has 1 aromatic rings. The number of ketones is 1. The average molecular weight is 237 g/mol. The molecule has 0 aliphatic heterocycles. The van der Waals surface area contributed by atoms with Gasteiger partial charge < -0.3 is 15.6 Å². The molecule has 0 aromatic heterocycles. The molecule has 17 heavy (non-hydrogen) atoms. The molecule has 0 fully saturated rings. The molecule has 5 nitrogen and oxygen atoms in total. The monoisotopic (exact) mass is 237 g/mol. The van der Waals surface area contributed by atoms with Crippen LogP contribution in [-0.2, 0) is 16.0 Å². The van der Waals surface area contributed by atoms with E-state index in [1.807, 2.05) is 0 Å². The number of hydrogen-bond acceptors (Lipinski definition) is 4. The lowest BCUT2D eigenvalue weighted by molar-refractivity contribution is -0.145. The minimum Gasteiger partial charge on any atom is -0.497 e. The Balaban J connectivity index is 2.69. The minimum absolute atomic E-state index is 0.0676. The third-order valence-electron chi connectivity index (χ3n) is 2.46. The van der Waals surface area contributed by atoms with E-state index in [0.29, 0.717) is 5.75 Å². The van der Waals surface area contributed by atoms with E-state index in [1.165, 1.54) is 0 Å². The van der Waals surface area contributed by atoms with Crippen LogP contribution in [0.4, 0.5) is 0 Å². The molecule has 1 atom stereocenters. The number of Topliss-reactive ketones (excluding diaryl/α,β-unsaturated/α-hetero) is 1. The van der Waals surface area contributed by atoms with Gasteiger partial charge in [0.15, 0.2) is 5.78 Å². The zero-order valence-corrected chi connectivity index (χ0v) is 9.55. The summed E-state index contributed by atoms with van der Waals surface area (Å²) >= 11 is 0. The summed E-state index contributed by atoms with van der Waals surface area (Å²) < 4.78 is 4.98. The van der Waals surface area contributed by atoms with Crippen molar-refractivity contribution in [1.29, 1.82) is 0 Å². The standard InChI is InChI=1S/C12H15NO4/c1-17-9-4-2-8(3-5-9)6-11(14)10(7-13)12(15)16/h2-5,10H,6-7,13H2,1H3,(H,15,16). The molecule has 0 spiro atoms. The van der Waals surface area contributed by atoms with E-state index in [1.54, 1.807) is 31.4 Å². The maximum absolute atomic E-state index is 11.6. The van der Waals surface area contributed by atoms with Gasteiger partial charge in [-0.3, -0.25) is 9.59 Å². The zero-order valence-electron chi connectivity index (χ0n) is 9.55. The fourth-order valence-electron chi connectivity index (χ4n) is 1.44. The normalized spacial score (nSPS) is 11.9. The molecule has 5 heteroatoms. The Morgan fingerprint density at radius 3 is 2.35 bits per heavy atom. The highest BCUT2D eigenvalue weighted by Crippen LogP contribution is 2.13. The molecule has 0 aliphatic carbocycles. The first-order valence-corrected chi connectivity index (χ1v) is 5.17. The smallest absolute Gasteiger partial charge is 0.315 e. The van der Waals surface area contributed by atoms with Crippen molar-refractivity contribution in [3.8, 4) is 5.75 Å². The number of aliphatic carboxylic acids is 1. The lowest BCUT2D eigenvalue weighted by Gasteiger charge is -2.08. The van der Waals surface area contributed by atoms with Crippen LogP contribution >= 0.6 is 0 Å². The van der Waals surface area contributed by atoms with Gasteiger partial charge in [-0.2, -0.15) is 0 Å². The van der Waals surface area contributed by atoms with E-state index in [0.717, 1.165) is 5.56 Å². The number of carboxylic acid groups (broad SMARTS) is 1. The quantitative estimate of drug-likeness (QED) is 0.702. The molecule has 1 unspecified atom stereocenters. The molecule has 0 radical (unpaired) electrons. The summed E-state index contributed by atoms with van der Waals surface area (Å²) in [6, 6.07) is 6.90. The van der Waals surface area contributed by atoms with Gasteiger partial charge in [-0.05, 0) is 17.7 Å². The second-order valence-electron chi connectivity index (χ2n) is 3.62. The Morgan fingerprint density at radius 2 is 1.94 bits per heavy atom. The van der Waals surface area contributed by atoms with Gasteiger partial charge in [0.2, 0.25) is 0 Å². The van der Waals surface area contributed by atoms with Crippen molar-refractivity contribution >= 4 is 11.8 Å². The number of hydrogen-bond donors (Lipinski definition) is 2. The summed E-state index contributed by atoms with van der Waals surface area (Å²) in [5, 5.41) is 8.78. The molecule has 3 N–H and O–H groups in total. The van der Waals surface area contributed by atoms with E-state index in [-0.39, 0.29) is 18.7 Å². The number of nitrogens with two attached hydrogens (primary N) is 1. The van der Waals surface area contributed by atoms with Gasteiger partial charge in [0, 0.05) is 13.0 Å². The van der Waals surface area contributed by atoms with E-state index in [2.05, 4.69) is 0 Å². The van der Waals surface area contributed by atoms with Crippen molar-refractivity contribution in [2.75, 3.05) is 13.7 Å². The number of methoxy groups -OCH3 is 1. The summed E-state index contributed by atoms with van der Waals surface area (Å²) in [5.41, 5.74) is 6.00. The number of rotatable bonds is 6. The van der Waals surface area contributed by atoms with Crippen LogP contribution in [0.25, 0.3) is 0 Å². The van der Waals surface area contributed by atoms with Gasteiger partial charge in [-0.15, -0.1) is 0 Å². The SMILES string of the molecule is COc1ccc(CC(=O)C(CN)C(=O)O)cc1. The highest BCUT2D eigenvalue weighted by atomic mass is 16.5. The van der Waals surface area contributed by atoms with E-state index in [4.69, 9.17) is 15.6 Å². The van der Waals surface area contributed by atoms with Crippen molar-refractivity contribution in [3.05, 3.63) is 29.8 Å². The predicted molar refractivity (Wildman–Crippen MR) is 61.9 cm³/mol. The van der Waals surface area contributed by atoms with E-state index in [9.17, 15) is 9.59 Å². The lowest BCUT2D eigenvalue weighted by Crippen LogP contribution is -2.32. The summed E-state index contributed by atoms with van der Waals surface area (Å²) in [4.78, 5) is 22.4. The molecule has 0 saturated heterocycles. The van der Waals surface area contributed by atoms with Crippen molar-refractivity contribution in [3.63, 3.8) is 0 Å². The Morgan fingerprint density at radius 1 is 1.35 bits per heavy atom. The summed E-state index contributed by atoms with van der Waals surface area (Å²) in [6.45, 7) is -0.176. The van der Waals surface area contributed by atoms with Gasteiger partial charge in [0.1, 0.15) is 11.7 Å². The summed E-state index contributed by atoms with van der Waals surface area (Å²) in [5.74, 6) is -2.00. The fourth-order valence-corrected chi connectivity index (χ4v) is 1.44. The molecule has 0 amide bonds. The van der Waals surface area contributed by atoms with Crippen LogP contribution in [0.2, 0.25) is 0 Å². The molecule has 1 aromatic carbocycles. The third kappa shape index (κ3) is 3.57. The highest BCUT2D eigenvalue weighted by Gasteiger charge is 2.24. The predicted octanol–water partition coefficient (Wildman–Crippen LogP) is 0.466. The number of carboxylic acids is 1. The second kappa shape index (κ2) is 6.00. The maximum atomic E-state index is 11.6. The van der Waals surface area contributed by atoms with Crippen molar-refractivity contribution < 1.29 is 19.4 Å². The van der Waals surface area contributed by atoms with Crippen LogP contribution in [0.3, 0.4) is 0 Å². The number of ether oxygens (including phenoxy) is 1.